The summed E-state index contributed by atoms with van der Waals surface area (Å²) >= 11 is 0. The zero-order chi connectivity index (χ0) is 12.2. The van der Waals surface area contributed by atoms with Crippen molar-refractivity contribution in [2.75, 3.05) is 0 Å². The molecule has 5 heteroatoms. The van der Waals surface area contributed by atoms with Crippen molar-refractivity contribution in [2.45, 2.75) is 31.1 Å². The molecule has 4 nitrogen and oxygen atoms in total. The van der Waals surface area contributed by atoms with Gasteiger partial charge in [0.1, 0.15) is 5.78 Å². The minimum atomic E-state index is -3.75. The van der Waals surface area contributed by atoms with Gasteiger partial charge in [-0.25, -0.2) is 13.6 Å². The standard InChI is InChI=1S/C11H15NO3S/c1-2-5-10(13)8-9-6-3-4-7-11(9)16(12,14)15/h3-4,6-7H,2,5,8H2,1H3,(H2,12,14,15). The Hall–Kier alpha value is -1.20. The molecule has 0 bridgehead atoms. The summed E-state index contributed by atoms with van der Waals surface area (Å²) in [6.45, 7) is 1.91. The molecular weight excluding hydrogens is 226 g/mol. The number of Topliss-reactive ketones (excluding diaryl/α,β-unsaturated/α-hetero) is 1. The fraction of sp³-hybridized carbons (Fsp3) is 0.364. The smallest absolute Gasteiger partial charge is 0.238 e. The van der Waals surface area contributed by atoms with Crippen LogP contribution in [-0.4, -0.2) is 14.2 Å². The Kier molecular flexibility index (Phi) is 4.20. The molecular formula is C11H15NO3S. The number of hydrogen-bond donors (Lipinski definition) is 1. The van der Waals surface area contributed by atoms with Crippen molar-refractivity contribution in [3.05, 3.63) is 29.8 Å². The Labute approximate surface area is 95.5 Å². The predicted molar refractivity (Wildman–Crippen MR) is 61.4 cm³/mol. The second kappa shape index (κ2) is 5.23. The summed E-state index contributed by atoms with van der Waals surface area (Å²) in [6, 6.07) is 6.33. The van der Waals surface area contributed by atoms with Crippen LogP contribution in [0, 0.1) is 0 Å². The summed E-state index contributed by atoms with van der Waals surface area (Å²) < 4.78 is 22.5. The topological polar surface area (TPSA) is 77.2 Å². The van der Waals surface area contributed by atoms with Crippen molar-refractivity contribution in [3.63, 3.8) is 0 Å². The van der Waals surface area contributed by atoms with Crippen molar-refractivity contribution < 1.29 is 13.2 Å². The Morgan fingerprint density at radius 2 is 1.94 bits per heavy atom. The van der Waals surface area contributed by atoms with Crippen LogP contribution in [0.4, 0.5) is 0 Å². The number of benzene rings is 1. The number of nitrogens with two attached hydrogens (primary N) is 1. The molecule has 2 N–H and O–H groups in total. The first-order valence-electron chi connectivity index (χ1n) is 5.07. The predicted octanol–water partition coefficient (Wildman–Crippen LogP) is 1.25. The Morgan fingerprint density at radius 1 is 1.31 bits per heavy atom. The monoisotopic (exact) mass is 241 g/mol. The van der Waals surface area contributed by atoms with E-state index in [0.717, 1.165) is 6.42 Å². The van der Waals surface area contributed by atoms with Gasteiger partial charge in [0, 0.05) is 12.8 Å². The lowest BCUT2D eigenvalue weighted by Gasteiger charge is -2.06. The van der Waals surface area contributed by atoms with Crippen LogP contribution in [0.1, 0.15) is 25.3 Å². The number of ketones is 1. The van der Waals surface area contributed by atoms with Crippen LogP contribution >= 0.6 is 0 Å². The lowest BCUT2D eigenvalue weighted by atomic mass is 10.1. The van der Waals surface area contributed by atoms with Crippen molar-refractivity contribution in [2.24, 2.45) is 5.14 Å². The maximum Gasteiger partial charge on any atom is 0.238 e. The van der Waals surface area contributed by atoms with Crippen LogP contribution in [0.2, 0.25) is 0 Å². The van der Waals surface area contributed by atoms with Gasteiger partial charge in [0.25, 0.3) is 0 Å². The molecule has 1 rings (SSSR count). The van der Waals surface area contributed by atoms with Crippen LogP contribution in [0.15, 0.2) is 29.2 Å². The molecule has 0 aliphatic heterocycles. The van der Waals surface area contributed by atoms with Gasteiger partial charge >= 0.3 is 0 Å². The molecule has 0 radical (unpaired) electrons. The van der Waals surface area contributed by atoms with Crippen LogP contribution in [0.5, 0.6) is 0 Å². The highest BCUT2D eigenvalue weighted by Crippen LogP contribution is 2.15. The third-order valence-electron chi connectivity index (χ3n) is 2.20. The zero-order valence-corrected chi connectivity index (χ0v) is 9.96. The molecule has 0 fully saturated rings. The Bertz CT molecular complexity index is 480. The first-order chi connectivity index (χ1) is 7.45. The van der Waals surface area contributed by atoms with Crippen molar-refractivity contribution >= 4 is 15.8 Å². The van der Waals surface area contributed by atoms with Gasteiger partial charge < -0.3 is 0 Å². The molecule has 0 amide bonds. The van der Waals surface area contributed by atoms with Gasteiger partial charge in [-0.1, -0.05) is 25.1 Å². The maximum absolute atomic E-state index is 11.5. The van der Waals surface area contributed by atoms with E-state index in [1.807, 2.05) is 6.92 Å². The number of carbonyl (C=O) groups is 1. The highest BCUT2D eigenvalue weighted by Gasteiger charge is 2.14. The lowest BCUT2D eigenvalue weighted by Crippen LogP contribution is -2.16. The van der Waals surface area contributed by atoms with Gasteiger partial charge in [0.2, 0.25) is 10.0 Å². The summed E-state index contributed by atoms with van der Waals surface area (Å²) in [5.74, 6) is 0.0265. The first kappa shape index (κ1) is 12.9. The third kappa shape index (κ3) is 3.43. The number of rotatable bonds is 5. The normalized spacial score (nSPS) is 11.4. The van der Waals surface area contributed by atoms with E-state index in [2.05, 4.69) is 0 Å². The summed E-state index contributed by atoms with van der Waals surface area (Å²) in [7, 11) is -3.75. The van der Waals surface area contributed by atoms with E-state index in [4.69, 9.17) is 5.14 Å². The maximum atomic E-state index is 11.5. The fourth-order valence-corrected chi connectivity index (χ4v) is 2.28. The molecule has 0 aliphatic rings. The second-order valence-electron chi connectivity index (χ2n) is 3.62. The van der Waals surface area contributed by atoms with Crippen LogP contribution in [0.3, 0.4) is 0 Å². The van der Waals surface area contributed by atoms with E-state index in [0.29, 0.717) is 12.0 Å². The molecule has 0 saturated heterocycles. The van der Waals surface area contributed by atoms with E-state index >= 15 is 0 Å². The summed E-state index contributed by atoms with van der Waals surface area (Å²) in [4.78, 5) is 11.5. The van der Waals surface area contributed by atoms with Gasteiger partial charge in [0.05, 0.1) is 4.90 Å². The number of primary sulfonamides is 1. The SMILES string of the molecule is CCCC(=O)Cc1ccccc1S(N)(=O)=O. The molecule has 0 aliphatic carbocycles. The van der Waals surface area contributed by atoms with E-state index in [9.17, 15) is 13.2 Å². The van der Waals surface area contributed by atoms with E-state index < -0.39 is 10.0 Å². The summed E-state index contributed by atoms with van der Waals surface area (Å²) in [5.41, 5.74) is 0.475. The highest BCUT2D eigenvalue weighted by molar-refractivity contribution is 7.89. The molecule has 1 aromatic carbocycles. The first-order valence-corrected chi connectivity index (χ1v) is 6.62. The minimum absolute atomic E-state index is 0.0265. The molecule has 0 aromatic heterocycles. The largest absolute Gasteiger partial charge is 0.299 e. The molecule has 0 unspecified atom stereocenters. The molecule has 0 heterocycles. The summed E-state index contributed by atoms with van der Waals surface area (Å²) in [5, 5.41) is 5.07. The second-order valence-corrected chi connectivity index (χ2v) is 5.15. The Balaban J connectivity index is 3.01. The summed E-state index contributed by atoms with van der Waals surface area (Å²) in [6.07, 6.45) is 1.34. The van der Waals surface area contributed by atoms with Crippen molar-refractivity contribution in [1.29, 1.82) is 0 Å². The van der Waals surface area contributed by atoms with Gasteiger partial charge in [0.15, 0.2) is 0 Å². The average Bonchev–Trinajstić information content (AvgIpc) is 2.17. The average molecular weight is 241 g/mol. The number of sulfonamides is 1. The zero-order valence-electron chi connectivity index (χ0n) is 9.14. The minimum Gasteiger partial charge on any atom is -0.299 e. The van der Waals surface area contributed by atoms with Crippen LogP contribution in [0.25, 0.3) is 0 Å². The van der Waals surface area contributed by atoms with Crippen molar-refractivity contribution in [1.82, 2.24) is 0 Å². The highest BCUT2D eigenvalue weighted by atomic mass is 32.2. The molecule has 16 heavy (non-hydrogen) atoms. The molecule has 0 spiro atoms. The molecule has 88 valence electrons. The molecule has 1 aromatic rings. The van der Waals surface area contributed by atoms with E-state index in [1.54, 1.807) is 18.2 Å². The Morgan fingerprint density at radius 3 is 2.50 bits per heavy atom. The number of hydrogen-bond acceptors (Lipinski definition) is 3. The van der Waals surface area contributed by atoms with Gasteiger partial charge in [-0.15, -0.1) is 0 Å². The van der Waals surface area contributed by atoms with Crippen LogP contribution < -0.4 is 5.14 Å². The number of carbonyl (C=O) groups excluding carboxylic acids is 1. The quantitative estimate of drug-likeness (QED) is 0.842. The molecule has 0 saturated carbocycles. The van der Waals surface area contributed by atoms with Crippen LogP contribution in [-0.2, 0) is 21.2 Å². The van der Waals surface area contributed by atoms with E-state index in [-0.39, 0.29) is 17.1 Å². The van der Waals surface area contributed by atoms with Crippen molar-refractivity contribution in [3.8, 4) is 0 Å². The fourth-order valence-electron chi connectivity index (χ4n) is 1.51. The van der Waals surface area contributed by atoms with Gasteiger partial charge in [-0.3, -0.25) is 4.79 Å². The van der Waals surface area contributed by atoms with E-state index in [1.165, 1.54) is 6.07 Å². The van der Waals surface area contributed by atoms with Gasteiger partial charge in [-0.2, -0.15) is 0 Å². The lowest BCUT2D eigenvalue weighted by molar-refractivity contribution is -0.118. The molecule has 0 atom stereocenters. The third-order valence-corrected chi connectivity index (χ3v) is 3.21. The van der Waals surface area contributed by atoms with Gasteiger partial charge in [-0.05, 0) is 18.1 Å².